The van der Waals surface area contributed by atoms with Crippen LogP contribution >= 0.6 is 15.9 Å². The number of hydrogen-bond donors (Lipinski definition) is 2. The van der Waals surface area contributed by atoms with E-state index in [1.54, 1.807) is 13.3 Å². The van der Waals surface area contributed by atoms with E-state index >= 15 is 0 Å². The smallest absolute Gasteiger partial charge is 0.141 e. The van der Waals surface area contributed by atoms with Crippen LogP contribution < -0.4 is 4.74 Å². The Bertz CT molecular complexity index is 496. The fraction of sp³-hybridized carbons (Fsp3) is 0.182. The van der Waals surface area contributed by atoms with E-state index in [-0.39, 0.29) is 6.61 Å². The van der Waals surface area contributed by atoms with Crippen LogP contribution in [0.5, 0.6) is 5.75 Å². The van der Waals surface area contributed by atoms with Gasteiger partial charge in [0.05, 0.1) is 31.2 Å². The molecule has 0 amide bonds. The van der Waals surface area contributed by atoms with Crippen molar-refractivity contribution in [3.63, 3.8) is 0 Å². The van der Waals surface area contributed by atoms with Crippen molar-refractivity contribution < 1.29 is 9.84 Å². The van der Waals surface area contributed by atoms with Gasteiger partial charge in [-0.2, -0.15) is 0 Å². The van der Waals surface area contributed by atoms with Gasteiger partial charge in [0.1, 0.15) is 11.6 Å². The number of nitrogens with zero attached hydrogens (tertiary/aromatic N) is 1. The van der Waals surface area contributed by atoms with Crippen LogP contribution in [0.1, 0.15) is 5.69 Å². The monoisotopic (exact) mass is 282 g/mol. The lowest BCUT2D eigenvalue weighted by molar-refractivity contribution is 0.277. The lowest BCUT2D eigenvalue weighted by Gasteiger charge is -2.06. The number of aliphatic hydroxyl groups excluding tert-OH is 1. The molecule has 0 aliphatic heterocycles. The molecule has 0 fully saturated rings. The van der Waals surface area contributed by atoms with Crippen LogP contribution in [0.4, 0.5) is 0 Å². The number of aliphatic hydroxyl groups is 1. The Morgan fingerprint density at radius 2 is 2.31 bits per heavy atom. The van der Waals surface area contributed by atoms with Gasteiger partial charge in [0.25, 0.3) is 0 Å². The molecule has 0 aliphatic carbocycles. The molecule has 0 radical (unpaired) electrons. The molecular weight excluding hydrogens is 272 g/mol. The van der Waals surface area contributed by atoms with Crippen molar-refractivity contribution in [1.29, 1.82) is 0 Å². The molecule has 0 atom stereocenters. The summed E-state index contributed by atoms with van der Waals surface area (Å²) in [7, 11) is 1.61. The second-order valence-electron chi connectivity index (χ2n) is 3.26. The van der Waals surface area contributed by atoms with Crippen LogP contribution in [-0.2, 0) is 6.61 Å². The minimum atomic E-state index is -0.0523. The van der Waals surface area contributed by atoms with Gasteiger partial charge in [-0.25, -0.2) is 4.98 Å². The van der Waals surface area contributed by atoms with Crippen LogP contribution in [-0.4, -0.2) is 22.2 Å². The van der Waals surface area contributed by atoms with Gasteiger partial charge in [0.15, 0.2) is 0 Å². The van der Waals surface area contributed by atoms with Crippen LogP contribution in [0.25, 0.3) is 11.4 Å². The van der Waals surface area contributed by atoms with E-state index in [0.717, 1.165) is 15.8 Å². The van der Waals surface area contributed by atoms with Crippen molar-refractivity contribution >= 4 is 15.9 Å². The number of halogens is 1. The average Bonchev–Trinajstić information content (AvgIpc) is 2.77. The molecule has 84 valence electrons. The molecule has 0 spiro atoms. The summed E-state index contributed by atoms with van der Waals surface area (Å²) >= 11 is 3.40. The van der Waals surface area contributed by atoms with E-state index in [0.29, 0.717) is 11.5 Å². The summed E-state index contributed by atoms with van der Waals surface area (Å²) in [6, 6.07) is 5.68. The molecule has 4 nitrogen and oxygen atoms in total. The lowest BCUT2D eigenvalue weighted by atomic mass is 10.2. The van der Waals surface area contributed by atoms with Gasteiger partial charge in [0.2, 0.25) is 0 Å². The number of imidazole rings is 1. The highest BCUT2D eigenvalue weighted by Crippen LogP contribution is 2.30. The zero-order valence-electron chi connectivity index (χ0n) is 8.70. The van der Waals surface area contributed by atoms with Gasteiger partial charge < -0.3 is 14.8 Å². The molecule has 0 bridgehead atoms. The minimum absolute atomic E-state index is 0.0523. The Hall–Kier alpha value is -1.33. The van der Waals surface area contributed by atoms with Gasteiger partial charge in [-0.3, -0.25) is 0 Å². The SMILES string of the molecule is COc1ccc(Br)cc1-c1ncc(CO)[nH]1. The first-order chi connectivity index (χ1) is 7.74. The maximum Gasteiger partial charge on any atom is 0.141 e. The second kappa shape index (κ2) is 4.67. The predicted octanol–water partition coefficient (Wildman–Crippen LogP) is 2.34. The van der Waals surface area contributed by atoms with Gasteiger partial charge in [-0.15, -0.1) is 0 Å². The number of rotatable bonds is 3. The average molecular weight is 283 g/mol. The minimum Gasteiger partial charge on any atom is -0.496 e. The molecule has 16 heavy (non-hydrogen) atoms. The summed E-state index contributed by atoms with van der Waals surface area (Å²) < 4.78 is 6.20. The molecule has 0 unspecified atom stereocenters. The van der Waals surface area contributed by atoms with Gasteiger partial charge in [0, 0.05) is 4.47 Å². The van der Waals surface area contributed by atoms with E-state index in [1.165, 1.54) is 0 Å². The number of aromatic nitrogens is 2. The van der Waals surface area contributed by atoms with Gasteiger partial charge in [-0.1, -0.05) is 15.9 Å². The molecule has 1 heterocycles. The van der Waals surface area contributed by atoms with Crippen LogP contribution in [0, 0.1) is 0 Å². The van der Waals surface area contributed by atoms with E-state index in [1.807, 2.05) is 18.2 Å². The van der Waals surface area contributed by atoms with Crippen molar-refractivity contribution in [2.24, 2.45) is 0 Å². The first-order valence-electron chi connectivity index (χ1n) is 4.73. The van der Waals surface area contributed by atoms with Crippen LogP contribution in [0.3, 0.4) is 0 Å². The number of benzene rings is 1. The van der Waals surface area contributed by atoms with Crippen LogP contribution in [0.15, 0.2) is 28.9 Å². The Balaban J connectivity index is 2.49. The van der Waals surface area contributed by atoms with Crippen molar-refractivity contribution in [3.8, 4) is 17.1 Å². The maximum absolute atomic E-state index is 8.97. The number of methoxy groups -OCH3 is 1. The first-order valence-corrected chi connectivity index (χ1v) is 5.52. The highest BCUT2D eigenvalue weighted by molar-refractivity contribution is 9.10. The Morgan fingerprint density at radius 3 is 2.94 bits per heavy atom. The van der Waals surface area contributed by atoms with E-state index < -0.39 is 0 Å². The van der Waals surface area contributed by atoms with Gasteiger partial charge >= 0.3 is 0 Å². The predicted molar refractivity (Wildman–Crippen MR) is 64.2 cm³/mol. The third-order valence-corrected chi connectivity index (χ3v) is 2.71. The number of hydrogen-bond acceptors (Lipinski definition) is 3. The van der Waals surface area contributed by atoms with Crippen molar-refractivity contribution in [2.45, 2.75) is 6.61 Å². The Kier molecular flexibility index (Phi) is 3.26. The summed E-state index contributed by atoms with van der Waals surface area (Å²) in [6.45, 7) is -0.0523. The van der Waals surface area contributed by atoms with Gasteiger partial charge in [-0.05, 0) is 18.2 Å². The maximum atomic E-state index is 8.97. The third kappa shape index (κ3) is 2.10. The van der Waals surface area contributed by atoms with E-state index in [9.17, 15) is 0 Å². The number of ether oxygens (including phenoxy) is 1. The normalized spacial score (nSPS) is 10.4. The first kappa shape index (κ1) is 11.2. The Labute approximate surface area is 101 Å². The molecule has 2 N–H and O–H groups in total. The van der Waals surface area contributed by atoms with E-state index in [4.69, 9.17) is 9.84 Å². The quantitative estimate of drug-likeness (QED) is 0.909. The summed E-state index contributed by atoms with van der Waals surface area (Å²) in [6.07, 6.45) is 1.61. The molecule has 5 heteroatoms. The number of aromatic amines is 1. The summed E-state index contributed by atoms with van der Waals surface area (Å²) in [5, 5.41) is 8.97. The van der Waals surface area contributed by atoms with Crippen molar-refractivity contribution in [3.05, 3.63) is 34.6 Å². The standard InChI is InChI=1S/C11H11BrN2O2/c1-16-10-3-2-7(12)4-9(10)11-13-5-8(6-15)14-11/h2-5,15H,6H2,1H3,(H,13,14). The molecule has 1 aromatic carbocycles. The van der Waals surface area contributed by atoms with Crippen molar-refractivity contribution in [1.82, 2.24) is 9.97 Å². The summed E-state index contributed by atoms with van der Waals surface area (Å²) in [5.74, 6) is 1.42. The van der Waals surface area contributed by atoms with Crippen LogP contribution in [0.2, 0.25) is 0 Å². The second-order valence-corrected chi connectivity index (χ2v) is 4.18. The fourth-order valence-electron chi connectivity index (χ4n) is 1.44. The molecule has 1 aromatic heterocycles. The molecule has 2 rings (SSSR count). The molecular formula is C11H11BrN2O2. The Morgan fingerprint density at radius 1 is 1.50 bits per heavy atom. The van der Waals surface area contributed by atoms with Crippen molar-refractivity contribution in [2.75, 3.05) is 7.11 Å². The zero-order chi connectivity index (χ0) is 11.5. The lowest BCUT2D eigenvalue weighted by Crippen LogP contribution is -1.90. The zero-order valence-corrected chi connectivity index (χ0v) is 10.3. The molecule has 0 aliphatic rings. The number of nitrogens with one attached hydrogen (secondary N) is 1. The molecule has 2 aromatic rings. The topological polar surface area (TPSA) is 58.1 Å². The summed E-state index contributed by atoms with van der Waals surface area (Å²) in [4.78, 5) is 7.21. The molecule has 0 saturated heterocycles. The van der Waals surface area contributed by atoms with E-state index in [2.05, 4.69) is 25.9 Å². The highest BCUT2D eigenvalue weighted by atomic mass is 79.9. The third-order valence-electron chi connectivity index (χ3n) is 2.22. The summed E-state index contributed by atoms with van der Waals surface area (Å²) in [5.41, 5.74) is 1.54. The highest BCUT2D eigenvalue weighted by Gasteiger charge is 2.09. The largest absolute Gasteiger partial charge is 0.496 e. The number of H-pyrrole nitrogens is 1. The fourth-order valence-corrected chi connectivity index (χ4v) is 1.80. The molecule has 0 saturated carbocycles.